The number of phenols is 1. The van der Waals surface area contributed by atoms with Gasteiger partial charge in [-0.3, -0.25) is 4.98 Å². The van der Waals surface area contributed by atoms with Gasteiger partial charge in [-0.1, -0.05) is 12.1 Å². The van der Waals surface area contributed by atoms with Gasteiger partial charge in [-0.05, 0) is 66.3 Å². The minimum absolute atomic E-state index is 0.228. The molecule has 0 radical (unpaired) electrons. The molecule has 0 amide bonds. The van der Waals surface area contributed by atoms with Crippen molar-refractivity contribution in [3.63, 3.8) is 0 Å². The van der Waals surface area contributed by atoms with Crippen LogP contribution in [-0.4, -0.2) is 16.1 Å². The number of hydrogen-bond acceptors (Lipinski definition) is 3. The summed E-state index contributed by atoms with van der Waals surface area (Å²) in [5.74, 6) is 0.109. The predicted octanol–water partition coefficient (Wildman–Crippen LogP) is 3.73. The highest BCUT2D eigenvalue weighted by Gasteiger charge is 2.19. The first-order valence-corrected chi connectivity index (χ1v) is 8.27. The van der Waals surface area contributed by atoms with Crippen LogP contribution in [0.3, 0.4) is 0 Å². The Kier molecular flexibility index (Phi) is 3.90. The number of halogens is 1. The number of aromatic nitrogens is 1. The molecule has 2 N–H and O–H groups in total. The normalized spacial score (nSPS) is 17.0. The van der Waals surface area contributed by atoms with Crippen LogP contribution in [0, 0.1) is 5.82 Å². The van der Waals surface area contributed by atoms with Gasteiger partial charge in [-0.25, -0.2) is 4.39 Å². The van der Waals surface area contributed by atoms with Crippen molar-refractivity contribution in [3.8, 4) is 5.75 Å². The molecule has 1 aliphatic carbocycles. The maximum atomic E-state index is 13.9. The van der Waals surface area contributed by atoms with E-state index in [9.17, 15) is 9.50 Å². The van der Waals surface area contributed by atoms with Crippen LogP contribution in [0.4, 0.5) is 4.39 Å². The third kappa shape index (κ3) is 2.85. The molecule has 1 heterocycles. The van der Waals surface area contributed by atoms with Crippen molar-refractivity contribution in [2.45, 2.75) is 31.8 Å². The number of hydrogen-bond donors (Lipinski definition) is 2. The van der Waals surface area contributed by atoms with E-state index in [0.29, 0.717) is 23.7 Å². The van der Waals surface area contributed by atoms with Crippen molar-refractivity contribution < 1.29 is 9.50 Å². The van der Waals surface area contributed by atoms with Crippen molar-refractivity contribution in [1.82, 2.24) is 10.3 Å². The molecular formula is C20H19FN2O. The second kappa shape index (κ2) is 6.21. The maximum Gasteiger partial charge on any atom is 0.132 e. The molecule has 0 fully saturated rings. The summed E-state index contributed by atoms with van der Waals surface area (Å²) < 4.78 is 13.9. The molecule has 122 valence electrons. The van der Waals surface area contributed by atoms with E-state index in [2.05, 4.69) is 10.3 Å². The van der Waals surface area contributed by atoms with Gasteiger partial charge in [-0.2, -0.15) is 0 Å². The summed E-state index contributed by atoms with van der Waals surface area (Å²) in [7, 11) is 0. The van der Waals surface area contributed by atoms with Crippen molar-refractivity contribution in [2.75, 3.05) is 0 Å². The predicted molar refractivity (Wildman–Crippen MR) is 92.5 cm³/mol. The van der Waals surface area contributed by atoms with Crippen molar-refractivity contribution in [3.05, 3.63) is 71.2 Å². The fourth-order valence-corrected chi connectivity index (χ4v) is 3.51. The first-order valence-electron chi connectivity index (χ1n) is 8.27. The Bertz CT molecular complexity index is 894. The zero-order valence-corrected chi connectivity index (χ0v) is 13.3. The quantitative estimate of drug-likeness (QED) is 0.772. The average molecular weight is 322 g/mol. The first-order chi connectivity index (χ1) is 11.7. The van der Waals surface area contributed by atoms with E-state index < -0.39 is 0 Å². The molecular weight excluding hydrogens is 303 g/mol. The summed E-state index contributed by atoms with van der Waals surface area (Å²) in [6, 6.07) is 12.9. The number of fused-ring (bicyclic) bond motifs is 2. The molecule has 4 rings (SSSR count). The SMILES string of the molecule is Oc1ccc2c(c1)CCC(NCc1ccc(F)c3cccnc13)C2. The summed E-state index contributed by atoms with van der Waals surface area (Å²) in [5.41, 5.74) is 4.27. The zero-order valence-electron chi connectivity index (χ0n) is 13.3. The number of phenolic OH excluding ortho intramolecular Hbond substituents is 1. The van der Waals surface area contributed by atoms with Gasteiger partial charge in [0.05, 0.1) is 5.52 Å². The Hall–Kier alpha value is -2.46. The van der Waals surface area contributed by atoms with Crippen LogP contribution in [0.5, 0.6) is 5.75 Å². The fraction of sp³-hybridized carbons (Fsp3) is 0.250. The molecule has 0 aliphatic heterocycles. The van der Waals surface area contributed by atoms with Crippen molar-refractivity contribution in [2.24, 2.45) is 0 Å². The second-order valence-corrected chi connectivity index (χ2v) is 6.38. The lowest BCUT2D eigenvalue weighted by molar-refractivity contribution is 0.450. The third-order valence-corrected chi connectivity index (χ3v) is 4.80. The molecule has 0 saturated heterocycles. The lowest BCUT2D eigenvalue weighted by Gasteiger charge is -2.26. The molecule has 0 bridgehead atoms. The van der Waals surface area contributed by atoms with Crippen LogP contribution in [0.2, 0.25) is 0 Å². The Balaban J connectivity index is 1.50. The number of pyridine rings is 1. The number of aryl methyl sites for hydroxylation is 1. The number of aromatic hydroxyl groups is 1. The summed E-state index contributed by atoms with van der Waals surface area (Å²) in [6.45, 7) is 0.672. The molecule has 0 saturated carbocycles. The van der Waals surface area contributed by atoms with Gasteiger partial charge in [0, 0.05) is 24.2 Å². The van der Waals surface area contributed by atoms with Crippen LogP contribution in [0.15, 0.2) is 48.7 Å². The smallest absolute Gasteiger partial charge is 0.132 e. The number of benzene rings is 2. The van der Waals surface area contributed by atoms with E-state index in [1.165, 1.54) is 17.2 Å². The molecule has 2 aromatic carbocycles. The summed E-state index contributed by atoms with van der Waals surface area (Å²) in [5, 5.41) is 13.7. The highest BCUT2D eigenvalue weighted by molar-refractivity contribution is 5.82. The van der Waals surface area contributed by atoms with E-state index in [1.54, 1.807) is 24.4 Å². The van der Waals surface area contributed by atoms with Crippen LogP contribution in [-0.2, 0) is 19.4 Å². The molecule has 1 aliphatic rings. The van der Waals surface area contributed by atoms with Gasteiger partial charge < -0.3 is 10.4 Å². The summed E-state index contributed by atoms with van der Waals surface area (Å²) in [6.07, 6.45) is 4.64. The van der Waals surface area contributed by atoms with Crippen molar-refractivity contribution >= 4 is 10.9 Å². The Morgan fingerprint density at radius 3 is 3.00 bits per heavy atom. The van der Waals surface area contributed by atoms with Gasteiger partial charge >= 0.3 is 0 Å². The molecule has 0 spiro atoms. The summed E-state index contributed by atoms with van der Waals surface area (Å²) in [4.78, 5) is 4.34. The lowest BCUT2D eigenvalue weighted by Crippen LogP contribution is -2.34. The zero-order chi connectivity index (χ0) is 16.5. The highest BCUT2D eigenvalue weighted by atomic mass is 19.1. The van der Waals surface area contributed by atoms with Gasteiger partial charge in [0.25, 0.3) is 0 Å². The Labute approximate surface area is 140 Å². The van der Waals surface area contributed by atoms with Crippen molar-refractivity contribution in [1.29, 1.82) is 0 Å². The molecule has 3 aromatic rings. The minimum atomic E-state index is -0.228. The Morgan fingerprint density at radius 2 is 2.08 bits per heavy atom. The van der Waals surface area contributed by atoms with E-state index in [4.69, 9.17) is 0 Å². The lowest BCUT2D eigenvalue weighted by atomic mass is 9.88. The van der Waals surface area contributed by atoms with E-state index in [-0.39, 0.29) is 5.82 Å². The number of rotatable bonds is 3. The van der Waals surface area contributed by atoms with Gasteiger partial charge in [0.15, 0.2) is 0 Å². The minimum Gasteiger partial charge on any atom is -0.508 e. The molecule has 1 unspecified atom stereocenters. The molecule has 1 aromatic heterocycles. The van der Waals surface area contributed by atoms with Gasteiger partial charge in [0.2, 0.25) is 0 Å². The van der Waals surface area contributed by atoms with E-state index in [1.807, 2.05) is 18.2 Å². The third-order valence-electron chi connectivity index (χ3n) is 4.80. The standard InChI is InChI=1S/C20H19FN2O/c21-19-8-5-15(20-18(19)2-1-9-22-20)12-23-16-6-3-14-11-17(24)7-4-13(14)10-16/h1-2,4-5,7-9,11,16,23-24H,3,6,10,12H2. The second-order valence-electron chi connectivity index (χ2n) is 6.38. The maximum absolute atomic E-state index is 13.9. The highest BCUT2D eigenvalue weighted by Crippen LogP contribution is 2.26. The summed E-state index contributed by atoms with van der Waals surface area (Å²) >= 11 is 0. The van der Waals surface area contributed by atoms with Gasteiger partial charge in [0.1, 0.15) is 11.6 Å². The molecule has 4 heteroatoms. The number of nitrogens with one attached hydrogen (secondary N) is 1. The topological polar surface area (TPSA) is 45.1 Å². The molecule has 1 atom stereocenters. The van der Waals surface area contributed by atoms with Crippen LogP contribution in [0.25, 0.3) is 10.9 Å². The number of nitrogens with zero attached hydrogens (tertiary/aromatic N) is 1. The van der Waals surface area contributed by atoms with Crippen LogP contribution < -0.4 is 5.32 Å². The monoisotopic (exact) mass is 322 g/mol. The van der Waals surface area contributed by atoms with Crippen LogP contribution >= 0.6 is 0 Å². The Morgan fingerprint density at radius 1 is 1.17 bits per heavy atom. The average Bonchev–Trinajstić information content (AvgIpc) is 2.61. The van der Waals surface area contributed by atoms with E-state index in [0.717, 1.165) is 30.3 Å². The fourth-order valence-electron chi connectivity index (χ4n) is 3.51. The molecule has 24 heavy (non-hydrogen) atoms. The van der Waals surface area contributed by atoms with E-state index >= 15 is 0 Å². The van der Waals surface area contributed by atoms with Gasteiger partial charge in [-0.15, -0.1) is 0 Å². The molecule has 3 nitrogen and oxygen atoms in total. The largest absolute Gasteiger partial charge is 0.508 e. The first kappa shape index (κ1) is 15.1. The van der Waals surface area contributed by atoms with Crippen LogP contribution in [0.1, 0.15) is 23.1 Å².